The molecule has 0 unspecified atom stereocenters. The minimum absolute atomic E-state index is 0.103. The third-order valence-electron chi connectivity index (χ3n) is 4.66. The standard InChI is InChI=1S/C20H20N4O2/c1-12-13(2)23-19(24-20(12)25)15-7-8-18(21-10-15)22-11-16-9-14-5-3-4-6-17(14)26-16/h3-8,10,16H,9,11H2,1-2H3,(H,21,22)(H,23,24,25)/t16-/m1/s1. The minimum atomic E-state index is -0.118. The van der Waals surface area contributed by atoms with Crippen LogP contribution in [-0.4, -0.2) is 27.6 Å². The number of aryl methyl sites for hydroxylation is 1. The lowest BCUT2D eigenvalue weighted by Crippen LogP contribution is -2.24. The van der Waals surface area contributed by atoms with Gasteiger partial charge < -0.3 is 15.0 Å². The number of para-hydroxylation sites is 1. The van der Waals surface area contributed by atoms with Gasteiger partial charge in [0.05, 0.1) is 6.54 Å². The molecule has 0 saturated heterocycles. The summed E-state index contributed by atoms with van der Waals surface area (Å²) in [7, 11) is 0. The van der Waals surface area contributed by atoms with E-state index in [2.05, 4.69) is 26.3 Å². The highest BCUT2D eigenvalue weighted by molar-refractivity contribution is 5.56. The minimum Gasteiger partial charge on any atom is -0.488 e. The van der Waals surface area contributed by atoms with Crippen molar-refractivity contribution >= 4 is 5.82 Å². The van der Waals surface area contributed by atoms with Gasteiger partial charge in [-0.05, 0) is 37.6 Å². The summed E-state index contributed by atoms with van der Waals surface area (Å²) in [5, 5.41) is 3.30. The molecule has 0 fully saturated rings. The number of H-pyrrole nitrogens is 1. The molecule has 132 valence electrons. The molecule has 6 heteroatoms. The van der Waals surface area contributed by atoms with E-state index in [9.17, 15) is 4.79 Å². The SMILES string of the molecule is Cc1nc(-c2ccc(NC[C@H]3Cc4ccccc4O3)nc2)[nH]c(=O)c1C. The van der Waals surface area contributed by atoms with E-state index in [1.807, 2.05) is 37.3 Å². The number of aromatic amines is 1. The fourth-order valence-corrected chi connectivity index (χ4v) is 3.01. The van der Waals surface area contributed by atoms with Crippen molar-refractivity contribution in [1.82, 2.24) is 15.0 Å². The molecule has 1 aromatic carbocycles. The van der Waals surface area contributed by atoms with Crippen LogP contribution in [0.25, 0.3) is 11.4 Å². The second kappa shape index (κ2) is 6.63. The summed E-state index contributed by atoms with van der Waals surface area (Å²) in [5.74, 6) is 2.26. The monoisotopic (exact) mass is 348 g/mol. The number of anilines is 1. The van der Waals surface area contributed by atoms with Crippen molar-refractivity contribution in [3.05, 3.63) is 69.8 Å². The van der Waals surface area contributed by atoms with Crippen LogP contribution in [0, 0.1) is 13.8 Å². The summed E-state index contributed by atoms with van der Waals surface area (Å²) < 4.78 is 5.92. The van der Waals surface area contributed by atoms with E-state index in [1.165, 1.54) is 5.56 Å². The van der Waals surface area contributed by atoms with Crippen molar-refractivity contribution < 1.29 is 4.74 Å². The molecule has 0 bridgehead atoms. The second-order valence-corrected chi connectivity index (χ2v) is 6.49. The number of nitrogens with zero attached hydrogens (tertiary/aromatic N) is 2. The average Bonchev–Trinajstić information content (AvgIpc) is 3.07. The third kappa shape index (κ3) is 3.18. The first kappa shape index (κ1) is 16.3. The van der Waals surface area contributed by atoms with E-state index in [0.717, 1.165) is 29.2 Å². The van der Waals surface area contributed by atoms with Crippen LogP contribution in [0.5, 0.6) is 5.75 Å². The first-order valence-electron chi connectivity index (χ1n) is 8.62. The summed E-state index contributed by atoms with van der Waals surface area (Å²) in [6.45, 7) is 4.27. The van der Waals surface area contributed by atoms with Gasteiger partial charge in [0, 0.05) is 29.4 Å². The van der Waals surface area contributed by atoms with Gasteiger partial charge in [0.1, 0.15) is 23.5 Å². The molecule has 0 aliphatic carbocycles. The first-order valence-corrected chi connectivity index (χ1v) is 8.62. The number of nitrogens with one attached hydrogen (secondary N) is 2. The topological polar surface area (TPSA) is 79.9 Å². The molecule has 0 amide bonds. The van der Waals surface area contributed by atoms with Gasteiger partial charge in [-0.25, -0.2) is 9.97 Å². The van der Waals surface area contributed by atoms with Gasteiger partial charge in [0.25, 0.3) is 5.56 Å². The van der Waals surface area contributed by atoms with Crippen LogP contribution >= 0.6 is 0 Å². The highest BCUT2D eigenvalue weighted by Crippen LogP contribution is 2.28. The first-order chi connectivity index (χ1) is 12.6. The van der Waals surface area contributed by atoms with Gasteiger partial charge in [0.2, 0.25) is 0 Å². The quantitative estimate of drug-likeness (QED) is 0.758. The van der Waals surface area contributed by atoms with Crippen LogP contribution < -0.4 is 15.6 Å². The van der Waals surface area contributed by atoms with Crippen molar-refractivity contribution in [2.75, 3.05) is 11.9 Å². The van der Waals surface area contributed by atoms with Gasteiger partial charge in [-0.2, -0.15) is 0 Å². The predicted octanol–water partition coefficient (Wildman–Crippen LogP) is 2.86. The molecule has 1 atom stereocenters. The maximum absolute atomic E-state index is 11.9. The Morgan fingerprint density at radius 3 is 2.81 bits per heavy atom. The maximum Gasteiger partial charge on any atom is 0.254 e. The molecule has 0 radical (unpaired) electrons. The molecule has 3 heterocycles. The van der Waals surface area contributed by atoms with Crippen molar-refractivity contribution in [3.63, 3.8) is 0 Å². The van der Waals surface area contributed by atoms with E-state index in [1.54, 1.807) is 13.1 Å². The Bertz CT molecular complexity index is 970. The van der Waals surface area contributed by atoms with Crippen LogP contribution in [0.4, 0.5) is 5.82 Å². The predicted molar refractivity (Wildman–Crippen MR) is 101 cm³/mol. The highest BCUT2D eigenvalue weighted by Gasteiger charge is 2.21. The molecule has 3 aromatic rings. The fourth-order valence-electron chi connectivity index (χ4n) is 3.01. The van der Waals surface area contributed by atoms with E-state index in [0.29, 0.717) is 17.9 Å². The highest BCUT2D eigenvalue weighted by atomic mass is 16.5. The summed E-state index contributed by atoms with van der Waals surface area (Å²) in [4.78, 5) is 23.5. The number of ether oxygens (including phenoxy) is 1. The van der Waals surface area contributed by atoms with Gasteiger partial charge in [-0.1, -0.05) is 18.2 Å². The largest absolute Gasteiger partial charge is 0.488 e. The maximum atomic E-state index is 11.9. The number of hydrogen-bond acceptors (Lipinski definition) is 5. The van der Waals surface area contributed by atoms with Gasteiger partial charge in [-0.3, -0.25) is 4.79 Å². The number of benzene rings is 1. The molecule has 6 nitrogen and oxygen atoms in total. The fraction of sp³-hybridized carbons (Fsp3) is 0.250. The van der Waals surface area contributed by atoms with Crippen molar-refractivity contribution in [3.8, 4) is 17.1 Å². The number of aromatic nitrogens is 3. The van der Waals surface area contributed by atoms with Crippen molar-refractivity contribution in [2.45, 2.75) is 26.4 Å². The molecule has 2 aromatic heterocycles. The molecular weight excluding hydrogens is 328 g/mol. The summed E-state index contributed by atoms with van der Waals surface area (Å²) in [6.07, 6.45) is 2.71. The van der Waals surface area contributed by atoms with Crippen molar-refractivity contribution in [2.24, 2.45) is 0 Å². The summed E-state index contributed by atoms with van der Waals surface area (Å²) in [6, 6.07) is 11.9. The number of pyridine rings is 1. The Morgan fingerprint density at radius 1 is 1.23 bits per heavy atom. The zero-order valence-corrected chi connectivity index (χ0v) is 14.7. The number of fused-ring (bicyclic) bond motifs is 1. The van der Waals surface area contributed by atoms with Gasteiger partial charge >= 0.3 is 0 Å². The van der Waals surface area contributed by atoms with Crippen LogP contribution in [-0.2, 0) is 6.42 Å². The van der Waals surface area contributed by atoms with Crippen LogP contribution in [0.3, 0.4) is 0 Å². The lowest BCUT2D eigenvalue weighted by atomic mass is 10.1. The molecule has 1 aliphatic rings. The van der Waals surface area contributed by atoms with E-state index in [4.69, 9.17) is 4.74 Å². The molecule has 2 N–H and O–H groups in total. The van der Waals surface area contributed by atoms with Crippen LogP contribution in [0.15, 0.2) is 47.4 Å². The second-order valence-electron chi connectivity index (χ2n) is 6.49. The Labute approximate surface area is 151 Å². The Balaban J connectivity index is 1.42. The normalized spacial score (nSPS) is 15.4. The van der Waals surface area contributed by atoms with Crippen molar-refractivity contribution in [1.29, 1.82) is 0 Å². The number of rotatable bonds is 4. The van der Waals surface area contributed by atoms with E-state index in [-0.39, 0.29) is 11.7 Å². The Kier molecular flexibility index (Phi) is 4.16. The molecule has 1 aliphatic heterocycles. The molecule has 26 heavy (non-hydrogen) atoms. The number of hydrogen-bond donors (Lipinski definition) is 2. The van der Waals surface area contributed by atoms with E-state index < -0.39 is 0 Å². The lowest BCUT2D eigenvalue weighted by molar-refractivity contribution is 0.246. The molecular formula is C20H20N4O2. The summed E-state index contributed by atoms with van der Waals surface area (Å²) >= 11 is 0. The zero-order valence-electron chi connectivity index (χ0n) is 14.7. The van der Waals surface area contributed by atoms with Crippen LogP contribution in [0.1, 0.15) is 16.8 Å². The molecule has 0 saturated carbocycles. The zero-order chi connectivity index (χ0) is 18.1. The summed E-state index contributed by atoms with van der Waals surface area (Å²) in [5.41, 5.74) is 3.27. The average molecular weight is 348 g/mol. The Hall–Kier alpha value is -3.15. The Morgan fingerprint density at radius 2 is 2.08 bits per heavy atom. The van der Waals surface area contributed by atoms with E-state index >= 15 is 0 Å². The lowest BCUT2D eigenvalue weighted by Gasteiger charge is -2.12. The molecule has 0 spiro atoms. The van der Waals surface area contributed by atoms with Crippen LogP contribution in [0.2, 0.25) is 0 Å². The van der Waals surface area contributed by atoms with Gasteiger partial charge in [0.15, 0.2) is 0 Å². The molecule has 4 rings (SSSR count). The third-order valence-corrected chi connectivity index (χ3v) is 4.66. The van der Waals surface area contributed by atoms with Gasteiger partial charge in [-0.15, -0.1) is 0 Å². The smallest absolute Gasteiger partial charge is 0.254 e.